The minimum absolute atomic E-state index is 0.0329. The molecule has 3 unspecified atom stereocenters. The standard InChI is InChI=1S/C10H20N2O2S/c1-8(15(2)14)6-12-10(13)9-4-3-5-11-7-9/h8-9,11H,3-7H2,1-2H3,(H,12,13). The molecule has 1 heterocycles. The number of piperidine rings is 1. The molecule has 0 aliphatic carbocycles. The van der Waals surface area contributed by atoms with Crippen molar-refractivity contribution in [3.63, 3.8) is 0 Å². The topological polar surface area (TPSA) is 58.2 Å². The summed E-state index contributed by atoms with van der Waals surface area (Å²) >= 11 is 0. The molecule has 0 aromatic carbocycles. The van der Waals surface area contributed by atoms with Crippen LogP contribution in [0.3, 0.4) is 0 Å². The zero-order valence-electron chi connectivity index (χ0n) is 9.41. The van der Waals surface area contributed by atoms with Crippen LogP contribution in [0.15, 0.2) is 0 Å². The zero-order chi connectivity index (χ0) is 11.3. The summed E-state index contributed by atoms with van der Waals surface area (Å²) in [4.78, 5) is 11.7. The van der Waals surface area contributed by atoms with Gasteiger partial charge in [0.1, 0.15) is 0 Å². The Kier molecular flexibility index (Phi) is 5.25. The van der Waals surface area contributed by atoms with E-state index in [1.54, 1.807) is 6.26 Å². The van der Waals surface area contributed by atoms with Gasteiger partial charge in [-0.2, -0.15) is 0 Å². The first-order valence-electron chi connectivity index (χ1n) is 5.42. The maximum atomic E-state index is 11.7. The van der Waals surface area contributed by atoms with E-state index < -0.39 is 10.8 Å². The van der Waals surface area contributed by atoms with E-state index in [2.05, 4.69) is 10.6 Å². The van der Waals surface area contributed by atoms with E-state index in [1.165, 1.54) is 0 Å². The van der Waals surface area contributed by atoms with E-state index in [1.807, 2.05) is 6.92 Å². The van der Waals surface area contributed by atoms with Crippen LogP contribution in [-0.4, -0.2) is 41.3 Å². The van der Waals surface area contributed by atoms with Gasteiger partial charge in [0, 0.05) is 35.4 Å². The first kappa shape index (κ1) is 12.6. The van der Waals surface area contributed by atoms with Crippen LogP contribution < -0.4 is 10.6 Å². The Morgan fingerprint density at radius 1 is 1.67 bits per heavy atom. The van der Waals surface area contributed by atoms with Crippen molar-refractivity contribution in [2.75, 3.05) is 25.9 Å². The molecule has 4 nitrogen and oxygen atoms in total. The number of nitrogens with one attached hydrogen (secondary N) is 2. The Morgan fingerprint density at radius 2 is 2.40 bits per heavy atom. The van der Waals surface area contributed by atoms with Crippen LogP contribution in [0.25, 0.3) is 0 Å². The number of hydrogen-bond acceptors (Lipinski definition) is 3. The highest BCUT2D eigenvalue weighted by atomic mass is 32.2. The van der Waals surface area contributed by atoms with Gasteiger partial charge in [-0.05, 0) is 26.3 Å². The summed E-state index contributed by atoms with van der Waals surface area (Å²) in [6, 6.07) is 0. The van der Waals surface area contributed by atoms with E-state index in [9.17, 15) is 9.00 Å². The average molecular weight is 232 g/mol. The van der Waals surface area contributed by atoms with Gasteiger partial charge in [0.15, 0.2) is 0 Å². The summed E-state index contributed by atoms with van der Waals surface area (Å²) < 4.78 is 11.1. The summed E-state index contributed by atoms with van der Waals surface area (Å²) in [5.41, 5.74) is 0. The number of carbonyl (C=O) groups excluding carboxylic acids is 1. The molecule has 1 rings (SSSR count). The molecule has 15 heavy (non-hydrogen) atoms. The molecule has 1 amide bonds. The second-order valence-corrected chi connectivity index (χ2v) is 5.90. The van der Waals surface area contributed by atoms with Crippen molar-refractivity contribution in [3.05, 3.63) is 0 Å². The third-order valence-electron chi connectivity index (χ3n) is 2.80. The number of amides is 1. The molecule has 0 spiro atoms. The third-order valence-corrected chi connectivity index (χ3v) is 4.10. The number of hydrogen-bond donors (Lipinski definition) is 2. The first-order valence-corrected chi connectivity index (χ1v) is 7.04. The van der Waals surface area contributed by atoms with Crippen LogP contribution in [0.1, 0.15) is 19.8 Å². The van der Waals surface area contributed by atoms with E-state index in [0.717, 1.165) is 25.9 Å². The predicted molar refractivity (Wildman–Crippen MR) is 62.1 cm³/mol. The Bertz CT molecular complexity index is 240. The predicted octanol–water partition coefficient (Wildman–Crippen LogP) is -0.131. The van der Waals surface area contributed by atoms with E-state index in [4.69, 9.17) is 0 Å². The van der Waals surface area contributed by atoms with Gasteiger partial charge in [-0.25, -0.2) is 0 Å². The van der Waals surface area contributed by atoms with Crippen LogP contribution in [0.5, 0.6) is 0 Å². The average Bonchev–Trinajstić information content (AvgIpc) is 2.26. The van der Waals surface area contributed by atoms with Gasteiger partial charge in [-0.1, -0.05) is 0 Å². The van der Waals surface area contributed by atoms with Crippen molar-refractivity contribution in [3.8, 4) is 0 Å². The van der Waals surface area contributed by atoms with Gasteiger partial charge in [0.25, 0.3) is 0 Å². The lowest BCUT2D eigenvalue weighted by molar-refractivity contribution is -0.125. The largest absolute Gasteiger partial charge is 0.355 e. The smallest absolute Gasteiger partial charge is 0.224 e. The monoisotopic (exact) mass is 232 g/mol. The summed E-state index contributed by atoms with van der Waals surface area (Å²) in [7, 11) is -0.862. The molecule has 1 fully saturated rings. The lowest BCUT2D eigenvalue weighted by Gasteiger charge is -2.22. The first-order chi connectivity index (χ1) is 7.11. The fourth-order valence-corrected chi connectivity index (χ4v) is 1.90. The minimum Gasteiger partial charge on any atom is -0.355 e. The Labute approximate surface area is 93.7 Å². The Balaban J connectivity index is 2.25. The fraction of sp³-hybridized carbons (Fsp3) is 0.900. The second kappa shape index (κ2) is 6.23. The van der Waals surface area contributed by atoms with Gasteiger partial charge < -0.3 is 10.6 Å². The highest BCUT2D eigenvalue weighted by Gasteiger charge is 2.21. The minimum atomic E-state index is -0.862. The molecule has 5 heteroatoms. The Hall–Kier alpha value is -0.420. The SMILES string of the molecule is CC(CNC(=O)C1CCCNC1)S(C)=O. The molecule has 0 saturated carbocycles. The van der Waals surface area contributed by atoms with Crippen LogP contribution in [0.2, 0.25) is 0 Å². The molecule has 0 radical (unpaired) electrons. The second-order valence-electron chi connectivity index (χ2n) is 4.10. The van der Waals surface area contributed by atoms with Crippen LogP contribution in [0, 0.1) is 5.92 Å². The van der Waals surface area contributed by atoms with Crippen molar-refractivity contribution in [2.45, 2.75) is 25.0 Å². The van der Waals surface area contributed by atoms with Gasteiger partial charge in [-0.3, -0.25) is 9.00 Å². The number of rotatable bonds is 4. The van der Waals surface area contributed by atoms with Crippen molar-refractivity contribution >= 4 is 16.7 Å². The third kappa shape index (κ3) is 4.30. The van der Waals surface area contributed by atoms with Gasteiger partial charge in [0.05, 0.1) is 5.92 Å². The maximum Gasteiger partial charge on any atom is 0.224 e. The molecular weight excluding hydrogens is 212 g/mol. The lowest BCUT2D eigenvalue weighted by Crippen LogP contribution is -2.42. The van der Waals surface area contributed by atoms with Crippen LogP contribution in [-0.2, 0) is 15.6 Å². The summed E-state index contributed by atoms with van der Waals surface area (Å²) in [5, 5.41) is 6.10. The molecular formula is C10H20N2O2S. The molecule has 0 aromatic rings. The van der Waals surface area contributed by atoms with Gasteiger partial charge in [-0.15, -0.1) is 0 Å². The molecule has 1 aliphatic rings. The molecule has 2 N–H and O–H groups in total. The molecule has 1 aliphatic heterocycles. The van der Waals surface area contributed by atoms with Crippen molar-refractivity contribution < 1.29 is 9.00 Å². The van der Waals surface area contributed by atoms with Gasteiger partial charge in [0.2, 0.25) is 5.91 Å². The van der Waals surface area contributed by atoms with Crippen molar-refractivity contribution in [1.82, 2.24) is 10.6 Å². The van der Waals surface area contributed by atoms with Crippen LogP contribution >= 0.6 is 0 Å². The molecule has 88 valence electrons. The fourth-order valence-electron chi connectivity index (χ4n) is 1.58. The summed E-state index contributed by atoms with van der Waals surface area (Å²) in [6.45, 7) is 4.18. The lowest BCUT2D eigenvalue weighted by atomic mass is 9.99. The highest BCUT2D eigenvalue weighted by Crippen LogP contribution is 2.09. The molecule has 3 atom stereocenters. The maximum absolute atomic E-state index is 11.7. The quantitative estimate of drug-likeness (QED) is 0.710. The summed E-state index contributed by atoms with van der Waals surface area (Å²) in [6.07, 6.45) is 3.69. The van der Waals surface area contributed by atoms with E-state index >= 15 is 0 Å². The normalized spacial score (nSPS) is 25.6. The molecule has 1 saturated heterocycles. The highest BCUT2D eigenvalue weighted by molar-refractivity contribution is 7.84. The van der Waals surface area contributed by atoms with Crippen molar-refractivity contribution in [1.29, 1.82) is 0 Å². The molecule has 0 aromatic heterocycles. The van der Waals surface area contributed by atoms with E-state index in [-0.39, 0.29) is 17.1 Å². The van der Waals surface area contributed by atoms with Crippen LogP contribution in [0.4, 0.5) is 0 Å². The zero-order valence-corrected chi connectivity index (χ0v) is 10.2. The Morgan fingerprint density at radius 3 is 2.93 bits per heavy atom. The van der Waals surface area contributed by atoms with Crippen molar-refractivity contribution in [2.24, 2.45) is 5.92 Å². The molecule has 0 bridgehead atoms. The number of carbonyl (C=O) groups is 1. The van der Waals surface area contributed by atoms with Gasteiger partial charge >= 0.3 is 0 Å². The summed E-state index contributed by atoms with van der Waals surface area (Å²) in [5.74, 6) is 0.191. The van der Waals surface area contributed by atoms with E-state index in [0.29, 0.717) is 6.54 Å².